The van der Waals surface area contributed by atoms with E-state index in [1.54, 1.807) is 12.1 Å². The first-order valence-electron chi connectivity index (χ1n) is 10.8. The van der Waals surface area contributed by atoms with Crippen LogP contribution in [0, 0.1) is 0 Å². The summed E-state index contributed by atoms with van der Waals surface area (Å²) in [6, 6.07) is 11.4. The molecule has 2 aliphatic rings. The van der Waals surface area contributed by atoms with Crippen molar-refractivity contribution in [2.45, 2.75) is 37.7 Å². The number of halogens is 1. The van der Waals surface area contributed by atoms with Crippen LogP contribution in [-0.2, 0) is 4.74 Å². The Morgan fingerprint density at radius 1 is 1.06 bits per heavy atom. The van der Waals surface area contributed by atoms with Crippen LogP contribution < -0.4 is 10.1 Å². The van der Waals surface area contributed by atoms with E-state index in [0.29, 0.717) is 17.5 Å². The number of pyridine rings is 1. The second-order valence-electron chi connectivity index (χ2n) is 7.76. The van der Waals surface area contributed by atoms with Crippen LogP contribution in [0.5, 0.6) is 5.88 Å². The van der Waals surface area contributed by atoms with Crippen LogP contribution in [0.15, 0.2) is 42.6 Å². The predicted octanol–water partition coefficient (Wildman–Crippen LogP) is 3.79. The maximum absolute atomic E-state index is 10.5. The molecule has 0 aliphatic carbocycles. The minimum absolute atomic E-state index is 0. The van der Waals surface area contributed by atoms with Crippen molar-refractivity contribution >= 4 is 29.4 Å². The van der Waals surface area contributed by atoms with Crippen molar-refractivity contribution in [2.75, 3.05) is 26.3 Å². The van der Waals surface area contributed by atoms with E-state index in [0.717, 1.165) is 63.4 Å². The number of H-pyrrole nitrogens is 1. The lowest BCUT2D eigenvalue weighted by Gasteiger charge is -2.27. The van der Waals surface area contributed by atoms with Crippen molar-refractivity contribution in [1.29, 1.82) is 0 Å². The van der Waals surface area contributed by atoms with Crippen molar-refractivity contribution in [3.8, 4) is 5.88 Å². The third-order valence-corrected chi connectivity index (χ3v) is 5.62. The summed E-state index contributed by atoms with van der Waals surface area (Å²) in [6.45, 7) is 3.80. The summed E-state index contributed by atoms with van der Waals surface area (Å²) in [5.41, 5.74) is 2.69. The molecule has 0 bridgehead atoms. The zero-order chi connectivity index (χ0) is 21.5. The van der Waals surface area contributed by atoms with Crippen molar-refractivity contribution in [2.24, 2.45) is 0 Å². The van der Waals surface area contributed by atoms with E-state index in [2.05, 4.69) is 26.3 Å². The normalized spacial score (nSPS) is 17.1. The fourth-order valence-corrected chi connectivity index (χ4v) is 3.95. The number of aromatic amines is 1. The number of aromatic carboxylic acids is 1. The molecule has 2 fully saturated rings. The van der Waals surface area contributed by atoms with Crippen LogP contribution >= 0.6 is 12.4 Å². The maximum Gasteiger partial charge on any atom is 0.371 e. The Morgan fingerprint density at radius 2 is 1.81 bits per heavy atom. The Hall–Kier alpha value is -2.68. The van der Waals surface area contributed by atoms with E-state index >= 15 is 0 Å². The molecule has 8 nitrogen and oxygen atoms in total. The van der Waals surface area contributed by atoms with Gasteiger partial charge in [-0.15, -0.1) is 12.4 Å². The van der Waals surface area contributed by atoms with E-state index < -0.39 is 5.97 Å². The first-order valence-corrected chi connectivity index (χ1v) is 10.8. The van der Waals surface area contributed by atoms with Gasteiger partial charge in [0.25, 0.3) is 0 Å². The van der Waals surface area contributed by atoms with E-state index in [9.17, 15) is 4.79 Å². The number of carboxylic acids is 1. The number of imidazole rings is 1. The van der Waals surface area contributed by atoms with Crippen LogP contribution in [0.2, 0.25) is 0 Å². The predicted molar refractivity (Wildman–Crippen MR) is 124 cm³/mol. The van der Waals surface area contributed by atoms with Gasteiger partial charge in [-0.05, 0) is 62.9 Å². The molecule has 4 heterocycles. The molecule has 1 aromatic carbocycles. The molecule has 32 heavy (non-hydrogen) atoms. The highest BCUT2D eigenvalue weighted by Crippen LogP contribution is 2.33. The highest BCUT2D eigenvalue weighted by atomic mass is 35.5. The molecule has 9 heteroatoms. The standard InChI is InChI=1S/C15H22N2O2.C8H6N2O2.ClH/c1-2-14(12-5-10-18-11-6-12)15(17-7-1)19-13-3-8-16-9-4-13;11-8(12)7-9-5-3-1-2-4-6(5)10-7;/h1-2,7,12-13,16H,3-6,8-11H2;1-4H,(H,9,10)(H,11,12);1H. The van der Waals surface area contributed by atoms with Gasteiger partial charge >= 0.3 is 5.97 Å². The van der Waals surface area contributed by atoms with E-state index in [1.807, 2.05) is 24.4 Å². The van der Waals surface area contributed by atoms with Crippen LogP contribution in [0.3, 0.4) is 0 Å². The number of nitrogens with zero attached hydrogens (tertiary/aromatic N) is 2. The van der Waals surface area contributed by atoms with Gasteiger partial charge in [0.2, 0.25) is 11.7 Å². The Labute approximate surface area is 193 Å². The zero-order valence-corrected chi connectivity index (χ0v) is 18.6. The number of hydrogen-bond acceptors (Lipinski definition) is 6. The molecule has 0 amide bonds. The Bertz CT molecular complexity index is 967. The molecule has 2 aromatic heterocycles. The molecular weight excluding hydrogens is 432 g/mol. The first kappa shape index (κ1) is 24.0. The highest BCUT2D eigenvalue weighted by Gasteiger charge is 2.22. The number of rotatable bonds is 4. The minimum atomic E-state index is -1.04. The first-order chi connectivity index (χ1) is 15.2. The number of carbonyl (C=O) groups is 1. The Morgan fingerprint density at radius 3 is 2.53 bits per heavy atom. The van der Waals surface area contributed by atoms with Crippen LogP contribution in [0.4, 0.5) is 0 Å². The number of benzene rings is 1. The number of piperidine rings is 1. The summed E-state index contributed by atoms with van der Waals surface area (Å²) in [7, 11) is 0. The second kappa shape index (κ2) is 11.8. The van der Waals surface area contributed by atoms with Gasteiger partial charge in [-0.3, -0.25) is 0 Å². The lowest BCUT2D eigenvalue weighted by molar-refractivity contribution is 0.0685. The molecule has 0 atom stereocenters. The summed E-state index contributed by atoms with van der Waals surface area (Å²) < 4.78 is 11.6. The van der Waals surface area contributed by atoms with Crippen molar-refractivity contribution in [3.05, 3.63) is 54.0 Å². The Kier molecular flexibility index (Phi) is 8.84. The topological polar surface area (TPSA) is 109 Å². The lowest BCUT2D eigenvalue weighted by Crippen LogP contribution is -2.34. The van der Waals surface area contributed by atoms with Gasteiger partial charge in [-0.2, -0.15) is 0 Å². The van der Waals surface area contributed by atoms with Gasteiger partial charge < -0.3 is 24.9 Å². The number of fused-ring (bicyclic) bond motifs is 1. The smallest absolute Gasteiger partial charge is 0.371 e. The van der Waals surface area contributed by atoms with Crippen LogP contribution in [0.1, 0.15) is 47.8 Å². The summed E-state index contributed by atoms with van der Waals surface area (Å²) in [6.07, 6.45) is 6.45. The van der Waals surface area contributed by atoms with Gasteiger partial charge in [0.05, 0.1) is 11.0 Å². The van der Waals surface area contributed by atoms with Crippen molar-refractivity contribution in [1.82, 2.24) is 20.3 Å². The minimum Gasteiger partial charge on any atom is -0.475 e. The van der Waals surface area contributed by atoms with Crippen LogP contribution in [0.25, 0.3) is 11.0 Å². The molecule has 0 saturated carbocycles. The molecule has 5 rings (SSSR count). The number of carboxylic acid groups (broad SMARTS) is 1. The number of nitrogens with one attached hydrogen (secondary N) is 2. The number of ether oxygens (including phenoxy) is 2. The van der Waals surface area contributed by atoms with Crippen molar-refractivity contribution < 1.29 is 19.4 Å². The van der Waals surface area contributed by atoms with E-state index in [4.69, 9.17) is 14.6 Å². The van der Waals surface area contributed by atoms with Crippen LogP contribution in [-0.4, -0.2) is 58.4 Å². The third-order valence-electron chi connectivity index (χ3n) is 5.62. The quantitative estimate of drug-likeness (QED) is 0.543. The lowest BCUT2D eigenvalue weighted by atomic mass is 9.92. The SMILES string of the molecule is Cl.O=C(O)c1nc2ccccc2[nH]1.c1cnc(OC2CCNCC2)c(C2CCOCC2)c1. The molecule has 172 valence electrons. The molecule has 0 spiro atoms. The monoisotopic (exact) mass is 460 g/mol. The molecule has 2 aliphatic heterocycles. The third kappa shape index (κ3) is 6.18. The molecule has 3 aromatic rings. The van der Waals surface area contributed by atoms with Gasteiger partial charge in [0.1, 0.15) is 6.10 Å². The molecule has 3 N–H and O–H groups in total. The summed E-state index contributed by atoms with van der Waals surface area (Å²) in [4.78, 5) is 21.5. The van der Waals surface area contributed by atoms with E-state index in [1.165, 1.54) is 5.56 Å². The fraction of sp³-hybridized carbons (Fsp3) is 0.435. The van der Waals surface area contributed by atoms with Gasteiger partial charge in [0, 0.05) is 25.0 Å². The number of hydrogen-bond donors (Lipinski definition) is 3. The van der Waals surface area contributed by atoms with Crippen molar-refractivity contribution in [3.63, 3.8) is 0 Å². The van der Waals surface area contributed by atoms with E-state index in [-0.39, 0.29) is 18.2 Å². The largest absolute Gasteiger partial charge is 0.475 e. The summed E-state index contributed by atoms with van der Waals surface area (Å²) in [5.74, 6) is 0.336. The Balaban J connectivity index is 0.000000193. The summed E-state index contributed by atoms with van der Waals surface area (Å²) >= 11 is 0. The molecule has 2 saturated heterocycles. The fourth-order valence-electron chi connectivity index (χ4n) is 3.95. The summed E-state index contributed by atoms with van der Waals surface area (Å²) in [5, 5.41) is 12.0. The zero-order valence-electron chi connectivity index (χ0n) is 17.8. The highest BCUT2D eigenvalue weighted by molar-refractivity contribution is 5.88. The average molecular weight is 461 g/mol. The number of para-hydroxylation sites is 2. The average Bonchev–Trinajstić information content (AvgIpc) is 3.26. The number of aromatic nitrogens is 3. The second-order valence-corrected chi connectivity index (χ2v) is 7.76. The van der Waals surface area contributed by atoms with Gasteiger partial charge in [-0.1, -0.05) is 18.2 Å². The van der Waals surface area contributed by atoms with Gasteiger partial charge in [-0.25, -0.2) is 14.8 Å². The molecule has 0 unspecified atom stereocenters. The molecular formula is C23H29ClN4O4. The maximum atomic E-state index is 10.5. The molecule has 0 radical (unpaired) electrons. The van der Waals surface area contributed by atoms with Gasteiger partial charge in [0.15, 0.2) is 0 Å².